The van der Waals surface area contributed by atoms with Gasteiger partial charge >= 0.3 is 0 Å². The van der Waals surface area contributed by atoms with E-state index >= 15 is 0 Å². The molecule has 0 saturated carbocycles. The van der Waals surface area contributed by atoms with Crippen molar-refractivity contribution >= 4 is 17.4 Å². The van der Waals surface area contributed by atoms with Crippen molar-refractivity contribution in [2.75, 3.05) is 31.1 Å². The number of phenols is 1. The fourth-order valence-electron chi connectivity index (χ4n) is 1.64. The zero-order valence-electron chi connectivity index (χ0n) is 10.6. The van der Waals surface area contributed by atoms with Crippen LogP contribution in [0.15, 0.2) is 18.2 Å². The van der Waals surface area contributed by atoms with Crippen LogP contribution in [0.2, 0.25) is 0 Å². The van der Waals surface area contributed by atoms with E-state index in [1.165, 1.54) is 0 Å². The summed E-state index contributed by atoms with van der Waals surface area (Å²) < 4.78 is 0. The predicted molar refractivity (Wildman–Crippen MR) is 76.5 cm³/mol. The Hall–Kier alpha value is -0.870. The Labute approximate surface area is 108 Å². The normalized spacial score (nSPS) is 11.0. The Morgan fingerprint density at radius 1 is 1.29 bits per heavy atom. The molecule has 0 spiro atoms. The first kappa shape index (κ1) is 14.2. The molecule has 0 atom stereocenters. The summed E-state index contributed by atoms with van der Waals surface area (Å²) >= 11 is 1.83. The maximum Gasteiger partial charge on any atom is 0.119 e. The number of anilines is 1. The molecule has 1 rings (SSSR count). The summed E-state index contributed by atoms with van der Waals surface area (Å²) in [7, 11) is 0. The van der Waals surface area contributed by atoms with E-state index in [4.69, 9.17) is 5.73 Å². The molecule has 0 aliphatic carbocycles. The van der Waals surface area contributed by atoms with Crippen LogP contribution in [0.1, 0.15) is 19.4 Å². The predicted octanol–water partition coefficient (Wildman–Crippen LogP) is 2.55. The first-order chi connectivity index (χ1) is 8.17. The lowest BCUT2D eigenvalue weighted by Gasteiger charge is -2.17. The van der Waals surface area contributed by atoms with Crippen LogP contribution in [0.25, 0.3) is 0 Å². The number of thioether (sulfide) groups is 1. The molecular weight excluding hydrogens is 232 g/mol. The van der Waals surface area contributed by atoms with Gasteiger partial charge in [-0.25, -0.2) is 0 Å². The lowest BCUT2D eigenvalue weighted by atomic mass is 10.2. The summed E-state index contributed by atoms with van der Waals surface area (Å²) in [6.07, 6.45) is 0. The van der Waals surface area contributed by atoms with Gasteiger partial charge in [0, 0.05) is 29.3 Å². The van der Waals surface area contributed by atoms with E-state index in [-0.39, 0.29) is 0 Å². The Balaban J connectivity index is 2.33. The Morgan fingerprint density at radius 2 is 2.00 bits per heavy atom. The maximum absolute atomic E-state index is 9.66. The number of phenolic OH excluding ortho intramolecular Hbond substituents is 1. The standard InChI is InChI=1S/C13H22N2OS/c1-3-15(4-2)7-8-17-10-11-9-12(14)5-6-13(11)16/h5-6,9,16H,3-4,7-8,10,14H2,1-2H3. The molecule has 1 aromatic carbocycles. The minimum Gasteiger partial charge on any atom is -0.508 e. The van der Waals surface area contributed by atoms with Crippen molar-refractivity contribution < 1.29 is 5.11 Å². The van der Waals surface area contributed by atoms with Crippen molar-refractivity contribution in [3.05, 3.63) is 23.8 Å². The number of nitrogens with zero attached hydrogens (tertiary/aromatic N) is 1. The first-order valence-electron chi connectivity index (χ1n) is 6.04. The van der Waals surface area contributed by atoms with E-state index < -0.39 is 0 Å². The highest BCUT2D eigenvalue weighted by molar-refractivity contribution is 7.98. The molecule has 0 saturated heterocycles. The van der Waals surface area contributed by atoms with Crippen LogP contribution in [0, 0.1) is 0 Å². The van der Waals surface area contributed by atoms with E-state index in [1.807, 2.05) is 17.8 Å². The molecule has 3 nitrogen and oxygen atoms in total. The molecule has 0 heterocycles. The lowest BCUT2D eigenvalue weighted by molar-refractivity contribution is 0.324. The summed E-state index contributed by atoms with van der Waals surface area (Å²) in [5.74, 6) is 2.24. The summed E-state index contributed by atoms with van der Waals surface area (Å²) in [5.41, 5.74) is 7.33. The maximum atomic E-state index is 9.66. The van der Waals surface area contributed by atoms with Crippen molar-refractivity contribution in [2.45, 2.75) is 19.6 Å². The third-order valence-electron chi connectivity index (χ3n) is 2.81. The molecule has 1 aromatic rings. The van der Waals surface area contributed by atoms with Crippen molar-refractivity contribution in [3.63, 3.8) is 0 Å². The molecule has 0 aromatic heterocycles. The average molecular weight is 254 g/mol. The highest BCUT2D eigenvalue weighted by atomic mass is 32.2. The van der Waals surface area contributed by atoms with Gasteiger partial charge in [-0.1, -0.05) is 13.8 Å². The summed E-state index contributed by atoms with van der Waals surface area (Å²) in [4.78, 5) is 2.40. The van der Waals surface area contributed by atoms with Gasteiger partial charge in [-0.3, -0.25) is 0 Å². The smallest absolute Gasteiger partial charge is 0.119 e. The van der Waals surface area contributed by atoms with E-state index in [0.717, 1.165) is 36.7 Å². The topological polar surface area (TPSA) is 49.5 Å². The molecule has 0 fully saturated rings. The molecule has 0 bridgehead atoms. The van der Waals surface area contributed by atoms with Crippen LogP contribution in [0.5, 0.6) is 5.75 Å². The van der Waals surface area contributed by atoms with Crippen LogP contribution in [0.4, 0.5) is 5.69 Å². The number of nitrogen functional groups attached to an aromatic ring is 1. The number of hydrogen-bond donors (Lipinski definition) is 2. The molecule has 3 N–H and O–H groups in total. The SMILES string of the molecule is CCN(CC)CCSCc1cc(N)ccc1O. The van der Waals surface area contributed by atoms with Crippen LogP contribution < -0.4 is 5.73 Å². The number of nitrogens with two attached hydrogens (primary N) is 1. The molecule has 96 valence electrons. The third-order valence-corrected chi connectivity index (χ3v) is 3.79. The molecule has 0 aliphatic rings. The van der Waals surface area contributed by atoms with Crippen molar-refractivity contribution in [2.24, 2.45) is 0 Å². The zero-order chi connectivity index (χ0) is 12.7. The summed E-state index contributed by atoms with van der Waals surface area (Å²) in [6.45, 7) is 7.65. The van der Waals surface area contributed by atoms with Gasteiger partial charge in [0.25, 0.3) is 0 Å². The van der Waals surface area contributed by atoms with Crippen LogP contribution in [-0.2, 0) is 5.75 Å². The van der Waals surface area contributed by atoms with Gasteiger partial charge in [0.05, 0.1) is 0 Å². The molecular formula is C13H22N2OS. The minimum absolute atomic E-state index is 0.342. The largest absolute Gasteiger partial charge is 0.508 e. The second kappa shape index (κ2) is 7.45. The van der Waals surface area contributed by atoms with Gasteiger partial charge < -0.3 is 15.7 Å². The number of aromatic hydroxyl groups is 1. The Morgan fingerprint density at radius 3 is 2.65 bits per heavy atom. The van der Waals surface area contributed by atoms with Crippen LogP contribution >= 0.6 is 11.8 Å². The molecule has 0 aliphatic heterocycles. The number of rotatable bonds is 7. The third kappa shape index (κ3) is 4.88. The number of hydrogen-bond acceptors (Lipinski definition) is 4. The molecule has 0 radical (unpaired) electrons. The summed E-state index contributed by atoms with van der Waals surface area (Å²) in [6, 6.07) is 5.23. The molecule has 0 unspecified atom stereocenters. The van der Waals surface area contributed by atoms with Crippen molar-refractivity contribution in [1.29, 1.82) is 0 Å². The quantitative estimate of drug-likeness (QED) is 0.446. The second-order valence-electron chi connectivity index (χ2n) is 3.97. The van der Waals surface area contributed by atoms with Gasteiger partial charge in [0.15, 0.2) is 0 Å². The Kier molecular flexibility index (Phi) is 6.22. The highest BCUT2D eigenvalue weighted by Gasteiger charge is 2.03. The van der Waals surface area contributed by atoms with Gasteiger partial charge in [-0.05, 0) is 31.3 Å². The molecule has 17 heavy (non-hydrogen) atoms. The minimum atomic E-state index is 0.342. The van der Waals surface area contributed by atoms with E-state index in [9.17, 15) is 5.11 Å². The van der Waals surface area contributed by atoms with E-state index in [2.05, 4.69) is 18.7 Å². The van der Waals surface area contributed by atoms with Gasteiger partial charge in [0.2, 0.25) is 0 Å². The van der Waals surface area contributed by atoms with Crippen molar-refractivity contribution in [1.82, 2.24) is 4.90 Å². The van der Waals surface area contributed by atoms with E-state index in [0.29, 0.717) is 11.4 Å². The molecule has 0 amide bonds. The number of benzene rings is 1. The second-order valence-corrected chi connectivity index (χ2v) is 5.07. The van der Waals surface area contributed by atoms with Gasteiger partial charge in [-0.2, -0.15) is 11.8 Å². The van der Waals surface area contributed by atoms with Crippen LogP contribution in [-0.4, -0.2) is 35.4 Å². The Bertz CT molecular complexity index is 340. The summed E-state index contributed by atoms with van der Waals surface area (Å²) in [5, 5.41) is 9.66. The van der Waals surface area contributed by atoms with Crippen LogP contribution in [0.3, 0.4) is 0 Å². The van der Waals surface area contributed by atoms with Crippen molar-refractivity contribution in [3.8, 4) is 5.75 Å². The van der Waals surface area contributed by atoms with Gasteiger partial charge in [-0.15, -0.1) is 0 Å². The zero-order valence-corrected chi connectivity index (χ0v) is 11.5. The fourth-order valence-corrected chi connectivity index (χ4v) is 2.62. The van der Waals surface area contributed by atoms with Gasteiger partial charge in [0.1, 0.15) is 5.75 Å². The highest BCUT2D eigenvalue weighted by Crippen LogP contribution is 2.24. The molecule has 4 heteroatoms. The average Bonchev–Trinajstić information content (AvgIpc) is 2.33. The first-order valence-corrected chi connectivity index (χ1v) is 7.20. The van der Waals surface area contributed by atoms with E-state index in [1.54, 1.807) is 12.1 Å². The lowest BCUT2D eigenvalue weighted by Crippen LogP contribution is -2.25. The fraction of sp³-hybridized carbons (Fsp3) is 0.538. The monoisotopic (exact) mass is 254 g/mol.